The van der Waals surface area contributed by atoms with Gasteiger partial charge in [-0.1, -0.05) is 13.0 Å². The molecule has 0 aromatic carbocycles. The van der Waals surface area contributed by atoms with Crippen LogP contribution in [0.25, 0.3) is 0 Å². The summed E-state index contributed by atoms with van der Waals surface area (Å²) in [5.74, 6) is 0.0403. The molecule has 2 heterocycles. The number of nitrogens with zero attached hydrogens (tertiary/aromatic N) is 2. The third-order valence-corrected chi connectivity index (χ3v) is 3.45. The number of carboxylic acids is 1. The first-order chi connectivity index (χ1) is 8.61. The first-order valence-electron chi connectivity index (χ1n) is 6.07. The molecular formula is C13H18N2O3. The standard InChI is InChI=1S/C13H18N2O3/c1-9-5-6-15(12(9)13(16)17)8-10-3-4-11(18-2)14-7-10/h3-4,7,9,12H,5-6,8H2,1-2H3,(H,16,17). The van der Waals surface area contributed by atoms with Crippen molar-refractivity contribution in [1.29, 1.82) is 0 Å². The number of hydrogen-bond acceptors (Lipinski definition) is 4. The average Bonchev–Trinajstić information content (AvgIpc) is 2.71. The molecule has 0 spiro atoms. The van der Waals surface area contributed by atoms with Gasteiger partial charge in [-0.3, -0.25) is 9.69 Å². The Bertz CT molecular complexity index is 419. The van der Waals surface area contributed by atoms with Crippen LogP contribution in [0.1, 0.15) is 18.9 Å². The van der Waals surface area contributed by atoms with E-state index in [1.165, 1.54) is 0 Å². The van der Waals surface area contributed by atoms with Crippen molar-refractivity contribution in [2.75, 3.05) is 13.7 Å². The quantitative estimate of drug-likeness (QED) is 0.874. The highest BCUT2D eigenvalue weighted by Crippen LogP contribution is 2.25. The van der Waals surface area contributed by atoms with Crippen LogP contribution in [0.15, 0.2) is 18.3 Å². The van der Waals surface area contributed by atoms with E-state index in [-0.39, 0.29) is 12.0 Å². The fraction of sp³-hybridized carbons (Fsp3) is 0.538. The normalized spacial score (nSPS) is 24.1. The molecule has 2 rings (SSSR count). The molecule has 1 N–H and O–H groups in total. The Morgan fingerprint density at radius 3 is 2.94 bits per heavy atom. The minimum atomic E-state index is -0.735. The third kappa shape index (κ3) is 2.61. The predicted molar refractivity (Wildman–Crippen MR) is 66.4 cm³/mol. The molecule has 0 radical (unpaired) electrons. The summed E-state index contributed by atoms with van der Waals surface area (Å²) in [4.78, 5) is 17.4. The number of ether oxygens (including phenoxy) is 1. The van der Waals surface area contributed by atoms with Gasteiger partial charge in [0.25, 0.3) is 0 Å². The van der Waals surface area contributed by atoms with Crippen molar-refractivity contribution in [2.45, 2.75) is 25.9 Å². The summed E-state index contributed by atoms with van der Waals surface area (Å²) in [5, 5.41) is 9.24. The van der Waals surface area contributed by atoms with Gasteiger partial charge in [0.1, 0.15) is 6.04 Å². The Morgan fingerprint density at radius 2 is 2.39 bits per heavy atom. The van der Waals surface area contributed by atoms with Gasteiger partial charge in [0.15, 0.2) is 0 Å². The number of carboxylic acid groups (broad SMARTS) is 1. The molecule has 0 bridgehead atoms. The molecule has 1 saturated heterocycles. The van der Waals surface area contributed by atoms with Gasteiger partial charge in [0.05, 0.1) is 7.11 Å². The van der Waals surface area contributed by atoms with Gasteiger partial charge in [-0.05, 0) is 24.4 Å². The van der Waals surface area contributed by atoms with E-state index in [4.69, 9.17) is 4.74 Å². The Labute approximate surface area is 106 Å². The van der Waals surface area contributed by atoms with E-state index < -0.39 is 5.97 Å². The van der Waals surface area contributed by atoms with E-state index in [1.807, 2.05) is 17.9 Å². The molecule has 1 aromatic rings. The highest BCUT2D eigenvalue weighted by Gasteiger charge is 2.36. The van der Waals surface area contributed by atoms with Gasteiger partial charge in [-0.25, -0.2) is 4.98 Å². The van der Waals surface area contributed by atoms with Crippen LogP contribution >= 0.6 is 0 Å². The Kier molecular flexibility index (Phi) is 3.81. The smallest absolute Gasteiger partial charge is 0.321 e. The second-order valence-corrected chi connectivity index (χ2v) is 4.73. The fourth-order valence-electron chi connectivity index (χ4n) is 2.46. The lowest BCUT2D eigenvalue weighted by Crippen LogP contribution is -2.38. The molecule has 0 saturated carbocycles. The molecule has 5 heteroatoms. The molecule has 2 atom stereocenters. The molecule has 2 unspecified atom stereocenters. The van der Waals surface area contributed by atoms with Crippen molar-refractivity contribution in [3.63, 3.8) is 0 Å². The number of aromatic nitrogens is 1. The summed E-state index contributed by atoms with van der Waals surface area (Å²) in [6.45, 7) is 3.44. The van der Waals surface area contributed by atoms with Gasteiger partial charge in [-0.2, -0.15) is 0 Å². The Morgan fingerprint density at radius 1 is 1.61 bits per heavy atom. The van der Waals surface area contributed by atoms with Crippen molar-refractivity contribution >= 4 is 5.97 Å². The second kappa shape index (κ2) is 5.35. The lowest BCUT2D eigenvalue weighted by Gasteiger charge is -2.22. The Balaban J connectivity index is 2.06. The van der Waals surface area contributed by atoms with E-state index >= 15 is 0 Å². The van der Waals surface area contributed by atoms with Crippen LogP contribution in [-0.4, -0.2) is 40.7 Å². The maximum Gasteiger partial charge on any atom is 0.321 e. The van der Waals surface area contributed by atoms with E-state index in [1.54, 1.807) is 19.4 Å². The van der Waals surface area contributed by atoms with Gasteiger partial charge in [-0.15, -0.1) is 0 Å². The van der Waals surface area contributed by atoms with Crippen LogP contribution in [0, 0.1) is 5.92 Å². The van der Waals surface area contributed by atoms with E-state index in [2.05, 4.69) is 4.98 Å². The summed E-state index contributed by atoms with van der Waals surface area (Å²) in [6.07, 6.45) is 2.67. The van der Waals surface area contributed by atoms with Crippen LogP contribution in [0.3, 0.4) is 0 Å². The minimum Gasteiger partial charge on any atom is -0.481 e. The zero-order chi connectivity index (χ0) is 13.1. The number of aliphatic carboxylic acids is 1. The number of methoxy groups -OCH3 is 1. The van der Waals surface area contributed by atoms with E-state index in [0.29, 0.717) is 12.4 Å². The highest BCUT2D eigenvalue weighted by molar-refractivity contribution is 5.74. The van der Waals surface area contributed by atoms with Crippen molar-refractivity contribution < 1.29 is 14.6 Å². The maximum absolute atomic E-state index is 11.2. The molecule has 0 aliphatic carbocycles. The van der Waals surface area contributed by atoms with E-state index in [9.17, 15) is 9.90 Å². The summed E-state index contributed by atoms with van der Waals surface area (Å²) >= 11 is 0. The lowest BCUT2D eigenvalue weighted by atomic mass is 10.0. The predicted octanol–water partition coefficient (Wildman–Crippen LogP) is 1.39. The highest BCUT2D eigenvalue weighted by atomic mass is 16.5. The van der Waals surface area contributed by atoms with Gasteiger partial charge in [0.2, 0.25) is 5.88 Å². The zero-order valence-corrected chi connectivity index (χ0v) is 10.7. The summed E-state index contributed by atoms with van der Waals surface area (Å²) in [5.41, 5.74) is 1.01. The number of rotatable bonds is 4. The average molecular weight is 250 g/mol. The molecule has 0 amide bonds. The molecule has 98 valence electrons. The molecule has 18 heavy (non-hydrogen) atoms. The number of pyridine rings is 1. The van der Waals surface area contributed by atoms with Gasteiger partial charge in [0, 0.05) is 18.8 Å². The van der Waals surface area contributed by atoms with Crippen molar-refractivity contribution in [3.8, 4) is 5.88 Å². The van der Waals surface area contributed by atoms with Gasteiger partial charge >= 0.3 is 5.97 Å². The number of hydrogen-bond donors (Lipinski definition) is 1. The largest absolute Gasteiger partial charge is 0.481 e. The van der Waals surface area contributed by atoms with Crippen LogP contribution < -0.4 is 4.74 Å². The van der Waals surface area contributed by atoms with Crippen LogP contribution in [0.2, 0.25) is 0 Å². The summed E-state index contributed by atoms with van der Waals surface area (Å²) in [6, 6.07) is 3.34. The molecular weight excluding hydrogens is 232 g/mol. The number of likely N-dealkylation sites (tertiary alicyclic amines) is 1. The zero-order valence-electron chi connectivity index (χ0n) is 10.7. The molecule has 1 fully saturated rings. The summed E-state index contributed by atoms with van der Waals surface area (Å²) in [7, 11) is 1.57. The third-order valence-electron chi connectivity index (χ3n) is 3.45. The van der Waals surface area contributed by atoms with E-state index in [0.717, 1.165) is 18.5 Å². The van der Waals surface area contributed by atoms with Gasteiger partial charge < -0.3 is 9.84 Å². The van der Waals surface area contributed by atoms with Crippen molar-refractivity contribution in [2.24, 2.45) is 5.92 Å². The first-order valence-corrected chi connectivity index (χ1v) is 6.07. The number of carbonyl (C=O) groups is 1. The minimum absolute atomic E-state index is 0.203. The monoisotopic (exact) mass is 250 g/mol. The van der Waals surface area contributed by atoms with Crippen molar-refractivity contribution in [1.82, 2.24) is 9.88 Å². The molecule has 5 nitrogen and oxygen atoms in total. The van der Waals surface area contributed by atoms with Crippen LogP contribution in [0.4, 0.5) is 0 Å². The fourth-order valence-corrected chi connectivity index (χ4v) is 2.46. The van der Waals surface area contributed by atoms with Crippen LogP contribution in [0.5, 0.6) is 5.88 Å². The molecule has 1 aliphatic heterocycles. The van der Waals surface area contributed by atoms with Crippen LogP contribution in [-0.2, 0) is 11.3 Å². The SMILES string of the molecule is COc1ccc(CN2CCC(C)C2C(=O)O)cn1. The summed E-state index contributed by atoms with van der Waals surface area (Å²) < 4.78 is 5.00. The maximum atomic E-state index is 11.2. The molecule has 1 aliphatic rings. The van der Waals surface area contributed by atoms with Crippen molar-refractivity contribution in [3.05, 3.63) is 23.9 Å². The second-order valence-electron chi connectivity index (χ2n) is 4.73. The first kappa shape index (κ1) is 12.8. The topological polar surface area (TPSA) is 62.7 Å². The lowest BCUT2D eigenvalue weighted by molar-refractivity contribution is -0.143. The molecule has 1 aromatic heterocycles. The Hall–Kier alpha value is -1.62.